The summed E-state index contributed by atoms with van der Waals surface area (Å²) in [6, 6.07) is 8.34. The van der Waals surface area contributed by atoms with Crippen LogP contribution in [0.5, 0.6) is 0 Å². The summed E-state index contributed by atoms with van der Waals surface area (Å²) in [6.45, 7) is 9.72. The molecule has 0 aliphatic heterocycles. The van der Waals surface area contributed by atoms with Gasteiger partial charge in [0.05, 0.1) is 6.61 Å². The smallest absolute Gasteiger partial charge is 0.139 e. The topological polar surface area (TPSA) is 26.3 Å². The molecule has 0 saturated carbocycles. The number of benzene rings is 1. The minimum Gasteiger partial charge on any atom is -0.381 e. The number of rotatable bonds is 6. The second-order valence-electron chi connectivity index (χ2n) is 5.61. The van der Waals surface area contributed by atoms with Crippen LogP contribution in [0.4, 0.5) is 0 Å². The fourth-order valence-electron chi connectivity index (χ4n) is 1.77. The van der Waals surface area contributed by atoms with Gasteiger partial charge in [-0.3, -0.25) is 4.79 Å². The summed E-state index contributed by atoms with van der Waals surface area (Å²) in [5.74, 6) is 0.243. The van der Waals surface area contributed by atoms with Crippen LogP contribution < -0.4 is 0 Å². The lowest BCUT2D eigenvalue weighted by Gasteiger charge is -2.19. The van der Waals surface area contributed by atoms with Gasteiger partial charge in [0.2, 0.25) is 0 Å². The van der Waals surface area contributed by atoms with Crippen molar-refractivity contribution in [1.82, 2.24) is 0 Å². The molecule has 0 aliphatic rings. The van der Waals surface area contributed by atoms with Crippen molar-refractivity contribution in [2.24, 2.45) is 0 Å². The van der Waals surface area contributed by atoms with Crippen LogP contribution >= 0.6 is 0 Å². The van der Waals surface area contributed by atoms with E-state index in [2.05, 4.69) is 45.0 Å². The van der Waals surface area contributed by atoms with E-state index in [9.17, 15) is 4.79 Å². The van der Waals surface area contributed by atoms with E-state index in [1.54, 1.807) is 0 Å². The Labute approximate surface area is 110 Å². The van der Waals surface area contributed by atoms with Crippen LogP contribution in [-0.2, 0) is 21.4 Å². The quantitative estimate of drug-likeness (QED) is 0.720. The first-order chi connectivity index (χ1) is 8.43. The van der Waals surface area contributed by atoms with Gasteiger partial charge in [-0.15, -0.1) is 0 Å². The molecule has 0 aromatic heterocycles. The van der Waals surface area contributed by atoms with Gasteiger partial charge in [0, 0.05) is 19.4 Å². The maximum Gasteiger partial charge on any atom is 0.139 e. The summed E-state index contributed by atoms with van der Waals surface area (Å²) in [5.41, 5.74) is 2.55. The second kappa shape index (κ2) is 6.69. The normalized spacial score (nSPS) is 11.6. The van der Waals surface area contributed by atoms with E-state index in [0.29, 0.717) is 26.1 Å². The Balaban J connectivity index is 2.51. The molecular formula is C16H24O2. The van der Waals surface area contributed by atoms with Crippen LogP contribution in [0.15, 0.2) is 24.3 Å². The summed E-state index contributed by atoms with van der Waals surface area (Å²) in [7, 11) is 0. The largest absolute Gasteiger partial charge is 0.381 e. The standard InChI is InChI=1S/C16H24O2/c1-5-18-11-10-15(17)12-13-6-8-14(9-7-13)16(2,3)4/h6-9H,5,10-12H2,1-4H3. The highest BCUT2D eigenvalue weighted by molar-refractivity contribution is 5.80. The Bertz CT molecular complexity index is 371. The zero-order valence-corrected chi connectivity index (χ0v) is 12.0. The summed E-state index contributed by atoms with van der Waals surface area (Å²) >= 11 is 0. The maximum absolute atomic E-state index is 11.7. The van der Waals surface area contributed by atoms with Gasteiger partial charge in [-0.05, 0) is 23.5 Å². The molecule has 0 saturated heterocycles. The van der Waals surface area contributed by atoms with Crippen molar-refractivity contribution in [2.45, 2.75) is 46.0 Å². The van der Waals surface area contributed by atoms with Gasteiger partial charge in [-0.25, -0.2) is 0 Å². The average molecular weight is 248 g/mol. The van der Waals surface area contributed by atoms with Gasteiger partial charge < -0.3 is 4.74 Å². The second-order valence-corrected chi connectivity index (χ2v) is 5.61. The summed E-state index contributed by atoms with van der Waals surface area (Å²) < 4.78 is 5.18. The Morgan fingerprint density at radius 3 is 2.28 bits per heavy atom. The Morgan fingerprint density at radius 1 is 1.17 bits per heavy atom. The number of carbonyl (C=O) groups is 1. The van der Waals surface area contributed by atoms with Gasteiger partial charge in [-0.2, -0.15) is 0 Å². The maximum atomic E-state index is 11.7. The van der Waals surface area contributed by atoms with Gasteiger partial charge in [0.15, 0.2) is 0 Å². The van der Waals surface area contributed by atoms with Crippen molar-refractivity contribution in [2.75, 3.05) is 13.2 Å². The van der Waals surface area contributed by atoms with Crippen LogP contribution in [0, 0.1) is 0 Å². The third-order valence-electron chi connectivity index (χ3n) is 2.95. The molecule has 0 aliphatic carbocycles. The van der Waals surface area contributed by atoms with Crippen LogP contribution in [0.25, 0.3) is 0 Å². The van der Waals surface area contributed by atoms with Crippen LogP contribution in [-0.4, -0.2) is 19.0 Å². The van der Waals surface area contributed by atoms with E-state index >= 15 is 0 Å². The molecule has 1 aromatic carbocycles. The molecule has 0 fully saturated rings. The van der Waals surface area contributed by atoms with Gasteiger partial charge >= 0.3 is 0 Å². The highest BCUT2D eigenvalue weighted by Gasteiger charge is 2.13. The van der Waals surface area contributed by atoms with Crippen molar-refractivity contribution < 1.29 is 9.53 Å². The molecule has 0 radical (unpaired) electrons. The molecule has 2 nitrogen and oxygen atoms in total. The molecule has 0 unspecified atom stereocenters. The predicted molar refractivity (Wildman–Crippen MR) is 75.0 cm³/mol. The van der Waals surface area contributed by atoms with E-state index in [1.165, 1.54) is 5.56 Å². The molecular weight excluding hydrogens is 224 g/mol. The molecule has 0 N–H and O–H groups in total. The number of Topliss-reactive ketones (excluding diaryl/α,β-unsaturated/α-hetero) is 1. The number of ether oxygens (including phenoxy) is 1. The lowest BCUT2D eigenvalue weighted by Crippen LogP contribution is -2.11. The summed E-state index contributed by atoms with van der Waals surface area (Å²) in [6.07, 6.45) is 1.02. The van der Waals surface area contributed by atoms with Crippen molar-refractivity contribution in [3.8, 4) is 0 Å². The first-order valence-electron chi connectivity index (χ1n) is 6.62. The Kier molecular flexibility index (Phi) is 5.54. The number of ketones is 1. The molecule has 0 heterocycles. The van der Waals surface area contributed by atoms with E-state index in [-0.39, 0.29) is 11.2 Å². The zero-order valence-electron chi connectivity index (χ0n) is 12.0. The highest BCUT2D eigenvalue weighted by Crippen LogP contribution is 2.22. The molecule has 0 atom stereocenters. The Morgan fingerprint density at radius 2 is 1.78 bits per heavy atom. The minimum absolute atomic E-state index is 0.164. The van der Waals surface area contributed by atoms with E-state index in [4.69, 9.17) is 4.74 Å². The monoisotopic (exact) mass is 248 g/mol. The fourth-order valence-corrected chi connectivity index (χ4v) is 1.77. The van der Waals surface area contributed by atoms with Gasteiger partial charge in [0.1, 0.15) is 5.78 Å². The van der Waals surface area contributed by atoms with Crippen molar-refractivity contribution in [3.63, 3.8) is 0 Å². The Hall–Kier alpha value is -1.15. The van der Waals surface area contributed by atoms with Crippen molar-refractivity contribution in [3.05, 3.63) is 35.4 Å². The lowest BCUT2D eigenvalue weighted by atomic mass is 9.86. The SMILES string of the molecule is CCOCCC(=O)Cc1ccc(C(C)(C)C)cc1. The number of hydrogen-bond donors (Lipinski definition) is 0. The fraction of sp³-hybridized carbons (Fsp3) is 0.562. The molecule has 18 heavy (non-hydrogen) atoms. The van der Waals surface area contributed by atoms with E-state index in [1.807, 2.05) is 6.92 Å². The van der Waals surface area contributed by atoms with Crippen molar-refractivity contribution >= 4 is 5.78 Å². The van der Waals surface area contributed by atoms with Crippen LogP contribution in [0.2, 0.25) is 0 Å². The van der Waals surface area contributed by atoms with Gasteiger partial charge in [-0.1, -0.05) is 45.0 Å². The highest BCUT2D eigenvalue weighted by atomic mass is 16.5. The number of hydrogen-bond acceptors (Lipinski definition) is 2. The third-order valence-corrected chi connectivity index (χ3v) is 2.95. The third kappa shape index (κ3) is 5.01. The van der Waals surface area contributed by atoms with Gasteiger partial charge in [0.25, 0.3) is 0 Å². The predicted octanol–water partition coefficient (Wildman–Crippen LogP) is 3.52. The molecule has 0 spiro atoms. The van der Waals surface area contributed by atoms with E-state index in [0.717, 1.165) is 5.56 Å². The first-order valence-corrected chi connectivity index (χ1v) is 6.62. The van der Waals surface area contributed by atoms with Crippen LogP contribution in [0.3, 0.4) is 0 Å². The molecule has 1 aromatic rings. The van der Waals surface area contributed by atoms with Crippen molar-refractivity contribution in [1.29, 1.82) is 0 Å². The van der Waals surface area contributed by atoms with E-state index < -0.39 is 0 Å². The summed E-state index contributed by atoms with van der Waals surface area (Å²) in [4.78, 5) is 11.7. The first kappa shape index (κ1) is 14.9. The average Bonchev–Trinajstić information content (AvgIpc) is 2.29. The molecule has 0 bridgehead atoms. The summed E-state index contributed by atoms with van der Waals surface area (Å²) in [5, 5.41) is 0. The molecule has 1 rings (SSSR count). The minimum atomic E-state index is 0.164. The molecule has 2 heteroatoms. The zero-order chi connectivity index (χ0) is 13.6. The lowest BCUT2D eigenvalue weighted by molar-refractivity contribution is -0.119. The molecule has 100 valence electrons. The molecule has 0 amide bonds. The van der Waals surface area contributed by atoms with Crippen LogP contribution in [0.1, 0.15) is 45.2 Å². The number of carbonyl (C=O) groups excluding carboxylic acids is 1.